The molecule has 0 radical (unpaired) electrons. The van der Waals surface area contributed by atoms with Crippen molar-refractivity contribution in [2.45, 2.75) is 23.8 Å². The number of benzene rings is 1. The molecule has 5 nitrogen and oxygen atoms in total. The lowest BCUT2D eigenvalue weighted by Crippen LogP contribution is -2.42. The van der Waals surface area contributed by atoms with Crippen molar-refractivity contribution in [2.75, 3.05) is 13.1 Å². The fourth-order valence-electron chi connectivity index (χ4n) is 2.57. The number of rotatable bonds is 2. The van der Waals surface area contributed by atoms with Crippen LogP contribution in [0.2, 0.25) is 0 Å². The molecule has 1 aromatic heterocycles. The fraction of sp³-hybridized carbons (Fsp3) is 0.357. The Labute approximate surface area is 142 Å². The van der Waals surface area contributed by atoms with E-state index in [2.05, 4.69) is 4.98 Å². The van der Waals surface area contributed by atoms with Gasteiger partial charge in [-0.2, -0.15) is 4.31 Å². The van der Waals surface area contributed by atoms with Crippen molar-refractivity contribution in [3.63, 3.8) is 0 Å². The normalized spacial score (nSPS) is 16.8. The molecule has 2 N–H and O–H groups in total. The number of aromatic nitrogens is 1. The Balaban J connectivity index is 0.00000121. The highest BCUT2D eigenvalue weighted by molar-refractivity contribution is 7.89. The number of hydrogen-bond donors (Lipinski definition) is 1. The number of fused-ring (bicyclic) bond motifs is 1. The minimum Gasteiger partial charge on any atom is -0.328 e. The van der Waals surface area contributed by atoms with Crippen LogP contribution in [0.1, 0.15) is 12.8 Å². The van der Waals surface area contributed by atoms with Crippen LogP contribution >= 0.6 is 24.8 Å². The van der Waals surface area contributed by atoms with Gasteiger partial charge in [-0.15, -0.1) is 24.8 Å². The predicted molar refractivity (Wildman–Crippen MR) is 92.2 cm³/mol. The van der Waals surface area contributed by atoms with Gasteiger partial charge in [-0.25, -0.2) is 8.42 Å². The summed E-state index contributed by atoms with van der Waals surface area (Å²) in [5.74, 6) is 0. The molecule has 122 valence electrons. The molecule has 1 fully saturated rings. The van der Waals surface area contributed by atoms with Crippen LogP contribution in [0.4, 0.5) is 0 Å². The number of halogens is 2. The molecule has 0 atom stereocenters. The summed E-state index contributed by atoms with van der Waals surface area (Å²) in [7, 11) is -3.46. The molecule has 2 heterocycles. The van der Waals surface area contributed by atoms with Crippen LogP contribution in [0.5, 0.6) is 0 Å². The summed E-state index contributed by atoms with van der Waals surface area (Å²) in [5.41, 5.74) is 5.84. The lowest BCUT2D eigenvalue weighted by Gasteiger charge is -2.29. The minimum absolute atomic E-state index is 0. The van der Waals surface area contributed by atoms with Crippen molar-refractivity contribution < 1.29 is 8.42 Å². The third kappa shape index (κ3) is 3.52. The van der Waals surface area contributed by atoms with Crippen LogP contribution in [0, 0.1) is 0 Å². The van der Waals surface area contributed by atoms with Crippen molar-refractivity contribution in [1.29, 1.82) is 0 Å². The molecule has 0 bridgehead atoms. The van der Waals surface area contributed by atoms with Crippen LogP contribution < -0.4 is 5.73 Å². The van der Waals surface area contributed by atoms with Crippen LogP contribution in [0.3, 0.4) is 0 Å². The first-order valence-corrected chi connectivity index (χ1v) is 8.11. The highest BCUT2D eigenvalue weighted by atomic mass is 35.5. The highest BCUT2D eigenvalue weighted by Crippen LogP contribution is 2.26. The van der Waals surface area contributed by atoms with E-state index >= 15 is 0 Å². The van der Waals surface area contributed by atoms with Gasteiger partial charge in [0, 0.05) is 42.3 Å². The lowest BCUT2D eigenvalue weighted by molar-refractivity contribution is 0.320. The van der Waals surface area contributed by atoms with Gasteiger partial charge in [0.05, 0.1) is 4.90 Å². The number of sulfonamides is 1. The van der Waals surface area contributed by atoms with Gasteiger partial charge in [0.2, 0.25) is 10.0 Å². The molecule has 2 aromatic rings. The average Bonchev–Trinajstić information content (AvgIpc) is 2.47. The van der Waals surface area contributed by atoms with E-state index in [1.165, 1.54) is 4.31 Å². The van der Waals surface area contributed by atoms with Gasteiger partial charge in [0.15, 0.2) is 0 Å². The fourth-order valence-corrected chi connectivity index (χ4v) is 4.26. The van der Waals surface area contributed by atoms with Crippen molar-refractivity contribution in [1.82, 2.24) is 9.29 Å². The Morgan fingerprint density at radius 2 is 1.82 bits per heavy atom. The number of pyridine rings is 1. The molecule has 1 aliphatic heterocycles. The van der Waals surface area contributed by atoms with Crippen molar-refractivity contribution in [2.24, 2.45) is 5.73 Å². The van der Waals surface area contributed by atoms with Crippen LogP contribution in [-0.2, 0) is 10.0 Å². The van der Waals surface area contributed by atoms with Crippen LogP contribution in [0.15, 0.2) is 41.6 Å². The smallest absolute Gasteiger partial charge is 0.243 e. The average molecular weight is 364 g/mol. The van der Waals surface area contributed by atoms with Gasteiger partial charge in [0.25, 0.3) is 0 Å². The Hall–Kier alpha value is -0.920. The summed E-state index contributed by atoms with van der Waals surface area (Å²) in [5, 5.41) is 1.56. The number of hydrogen-bond acceptors (Lipinski definition) is 4. The maximum Gasteiger partial charge on any atom is 0.243 e. The molecule has 1 saturated heterocycles. The Bertz CT molecular complexity index is 726. The van der Waals surface area contributed by atoms with Gasteiger partial charge in [-0.05, 0) is 25.0 Å². The molecule has 3 rings (SSSR count). The van der Waals surface area contributed by atoms with Crippen LogP contribution in [0.25, 0.3) is 10.8 Å². The van der Waals surface area contributed by atoms with E-state index in [4.69, 9.17) is 5.73 Å². The van der Waals surface area contributed by atoms with Gasteiger partial charge in [0.1, 0.15) is 0 Å². The van der Waals surface area contributed by atoms with E-state index in [9.17, 15) is 8.42 Å². The first-order valence-electron chi connectivity index (χ1n) is 6.67. The molecule has 1 aromatic carbocycles. The van der Waals surface area contributed by atoms with Crippen molar-refractivity contribution in [3.05, 3.63) is 36.7 Å². The summed E-state index contributed by atoms with van der Waals surface area (Å²) in [4.78, 5) is 4.39. The van der Waals surface area contributed by atoms with E-state index in [1.807, 2.05) is 6.07 Å². The standard InChI is InChI=1S/C14H17N3O2S.2ClH/c15-12-5-8-17(9-6-12)20(18,19)14-3-1-2-11-10-16-7-4-13(11)14;;/h1-4,7,10,12H,5-6,8-9,15H2;2*1H. The molecule has 0 aliphatic carbocycles. The largest absolute Gasteiger partial charge is 0.328 e. The minimum atomic E-state index is -3.46. The highest BCUT2D eigenvalue weighted by Gasteiger charge is 2.29. The molecule has 0 saturated carbocycles. The second-order valence-corrected chi connectivity index (χ2v) is 7.00. The maximum atomic E-state index is 12.8. The molecule has 1 aliphatic rings. The zero-order valence-corrected chi connectivity index (χ0v) is 14.3. The van der Waals surface area contributed by atoms with Gasteiger partial charge >= 0.3 is 0 Å². The molecule has 0 unspecified atom stereocenters. The quantitative estimate of drug-likeness (QED) is 0.886. The molecular weight excluding hydrogens is 345 g/mol. The second-order valence-electron chi connectivity index (χ2n) is 5.09. The SMILES string of the molecule is Cl.Cl.NC1CCN(S(=O)(=O)c2cccc3cnccc23)CC1. The van der Waals surface area contributed by atoms with Gasteiger partial charge in [-0.1, -0.05) is 12.1 Å². The van der Waals surface area contributed by atoms with Gasteiger partial charge < -0.3 is 5.73 Å². The van der Waals surface area contributed by atoms with E-state index in [0.717, 1.165) is 10.8 Å². The molecule has 0 amide bonds. The molecule has 8 heteroatoms. The van der Waals surface area contributed by atoms with Crippen molar-refractivity contribution >= 4 is 45.6 Å². The third-order valence-electron chi connectivity index (χ3n) is 3.76. The first kappa shape index (κ1) is 19.1. The van der Waals surface area contributed by atoms with E-state index < -0.39 is 10.0 Å². The summed E-state index contributed by atoms with van der Waals surface area (Å²) in [6, 6.07) is 7.14. The Morgan fingerprint density at radius 1 is 1.14 bits per heavy atom. The summed E-state index contributed by atoms with van der Waals surface area (Å²) in [6.45, 7) is 0.982. The Kier molecular flexibility index (Phi) is 6.58. The number of piperidine rings is 1. The monoisotopic (exact) mass is 363 g/mol. The van der Waals surface area contributed by atoms with E-state index in [0.29, 0.717) is 30.8 Å². The molecule has 0 spiro atoms. The molecular formula is C14H19Cl2N3O2S. The van der Waals surface area contributed by atoms with Crippen molar-refractivity contribution in [3.8, 4) is 0 Å². The Morgan fingerprint density at radius 3 is 2.50 bits per heavy atom. The van der Waals surface area contributed by atoms with E-state index in [-0.39, 0.29) is 30.9 Å². The molecule has 22 heavy (non-hydrogen) atoms. The zero-order chi connectivity index (χ0) is 14.2. The topological polar surface area (TPSA) is 76.3 Å². The summed E-state index contributed by atoms with van der Waals surface area (Å²) < 4.78 is 27.1. The van der Waals surface area contributed by atoms with Crippen LogP contribution in [-0.4, -0.2) is 36.8 Å². The maximum absolute atomic E-state index is 12.8. The number of nitrogens with two attached hydrogens (primary N) is 1. The predicted octanol–water partition coefficient (Wildman–Crippen LogP) is 2.19. The third-order valence-corrected chi connectivity index (χ3v) is 5.71. The summed E-state index contributed by atoms with van der Waals surface area (Å²) in [6.07, 6.45) is 4.73. The van der Waals surface area contributed by atoms with E-state index in [1.54, 1.807) is 30.6 Å². The van der Waals surface area contributed by atoms with Gasteiger partial charge in [-0.3, -0.25) is 4.98 Å². The lowest BCUT2D eigenvalue weighted by atomic mass is 10.1. The first-order chi connectivity index (χ1) is 9.59. The number of nitrogens with zero attached hydrogens (tertiary/aromatic N) is 2. The zero-order valence-electron chi connectivity index (χ0n) is 11.9. The second kappa shape index (κ2) is 7.57. The summed E-state index contributed by atoms with van der Waals surface area (Å²) >= 11 is 0.